The molecule has 0 radical (unpaired) electrons. The van der Waals surface area contributed by atoms with Gasteiger partial charge < -0.3 is 29.7 Å². The fourth-order valence-corrected chi connectivity index (χ4v) is 5.19. The maximum absolute atomic E-state index is 15.3. The third-order valence-corrected chi connectivity index (χ3v) is 7.52. The molecule has 1 atom stereocenters. The molecule has 16 heteroatoms. The lowest BCUT2D eigenvalue weighted by Gasteiger charge is -2.19. The van der Waals surface area contributed by atoms with Crippen LogP contribution < -0.4 is 20.3 Å². The highest BCUT2D eigenvalue weighted by Gasteiger charge is 2.26. The highest BCUT2D eigenvalue weighted by atomic mass is 19.1. The van der Waals surface area contributed by atoms with E-state index in [-0.39, 0.29) is 30.1 Å². The number of esters is 1. The number of ether oxygens (including phenoxy) is 3. The highest BCUT2D eigenvalue weighted by molar-refractivity contribution is 6.05. The Morgan fingerprint density at radius 2 is 1.65 bits per heavy atom. The van der Waals surface area contributed by atoms with Gasteiger partial charge in [0.2, 0.25) is 0 Å². The van der Waals surface area contributed by atoms with E-state index in [2.05, 4.69) is 10.3 Å². The number of pyridine rings is 1. The number of likely N-dealkylation sites (N-methyl/N-ethyl adjacent to an activating group) is 1. The largest absolute Gasteiger partial charge is 0.497 e. The molecule has 3 aromatic carbocycles. The molecule has 0 bridgehead atoms. The van der Waals surface area contributed by atoms with Gasteiger partial charge in [0.1, 0.15) is 23.2 Å². The molecule has 0 aliphatic rings. The summed E-state index contributed by atoms with van der Waals surface area (Å²) in [6.45, 7) is 3.56. The second-order valence-electron chi connectivity index (χ2n) is 11.9. The third kappa shape index (κ3) is 10.4. The second-order valence-corrected chi connectivity index (χ2v) is 11.9. The van der Waals surface area contributed by atoms with Crippen molar-refractivity contribution in [1.82, 2.24) is 19.2 Å². The Kier molecular flexibility index (Phi) is 13.4. The van der Waals surface area contributed by atoms with Crippen molar-refractivity contribution < 1.29 is 48.0 Å². The number of anilines is 1. The predicted molar refractivity (Wildman–Crippen MR) is 196 cm³/mol. The average molecular weight is 744 g/mol. The van der Waals surface area contributed by atoms with Crippen LogP contribution in [0.15, 0.2) is 95.9 Å². The fraction of sp³-hybridized carbons (Fsp3) is 0.211. The summed E-state index contributed by atoms with van der Waals surface area (Å²) < 4.78 is 34.9. The topological polar surface area (TPSA) is 192 Å². The Hall–Kier alpha value is -6.81. The number of aromatic nitrogens is 3. The molecule has 0 saturated carbocycles. The first-order valence-corrected chi connectivity index (χ1v) is 16.3. The van der Waals surface area contributed by atoms with E-state index in [1.165, 1.54) is 16.8 Å². The lowest BCUT2D eigenvalue weighted by molar-refractivity contribution is -0.149. The first-order chi connectivity index (χ1) is 25.7. The summed E-state index contributed by atoms with van der Waals surface area (Å²) in [5, 5.41) is 18.9. The Bertz CT molecular complexity index is 2230. The van der Waals surface area contributed by atoms with Crippen molar-refractivity contribution >= 4 is 40.4 Å². The first-order valence-electron chi connectivity index (χ1n) is 16.3. The number of hydrogen-bond donors (Lipinski definition) is 3. The van der Waals surface area contributed by atoms with E-state index in [4.69, 9.17) is 24.4 Å². The molecular formula is C38H38FN5O10. The Balaban J connectivity index is 0.000000730. The van der Waals surface area contributed by atoms with Crippen molar-refractivity contribution in [2.24, 2.45) is 0 Å². The smallest absolute Gasteiger partial charge is 0.328 e. The molecule has 0 spiro atoms. The molecule has 0 fully saturated rings. The number of carboxylic acid groups (broad SMARTS) is 2. The van der Waals surface area contributed by atoms with Gasteiger partial charge in [0.25, 0.3) is 11.5 Å². The number of aliphatic carboxylic acids is 2. The highest BCUT2D eigenvalue weighted by Crippen LogP contribution is 2.33. The Labute approximate surface area is 308 Å². The molecule has 5 aromatic rings. The van der Waals surface area contributed by atoms with Crippen LogP contribution in [-0.2, 0) is 25.7 Å². The molecule has 0 unspecified atom stereocenters. The van der Waals surface area contributed by atoms with Crippen LogP contribution in [0.2, 0.25) is 0 Å². The zero-order valence-corrected chi connectivity index (χ0v) is 30.0. The van der Waals surface area contributed by atoms with Gasteiger partial charge in [-0.2, -0.15) is 0 Å². The maximum atomic E-state index is 15.3. The zero-order valence-electron chi connectivity index (χ0n) is 30.0. The minimum atomic E-state index is -1.26. The summed E-state index contributed by atoms with van der Waals surface area (Å²) in [6.07, 6.45) is 2.06. The number of benzene rings is 3. The Morgan fingerprint density at radius 1 is 0.963 bits per heavy atom. The van der Waals surface area contributed by atoms with Gasteiger partial charge in [-0.3, -0.25) is 28.9 Å². The van der Waals surface area contributed by atoms with Crippen LogP contribution in [0.25, 0.3) is 16.6 Å². The van der Waals surface area contributed by atoms with Crippen LogP contribution in [0, 0.1) is 12.7 Å². The quantitative estimate of drug-likeness (QED) is 0.109. The number of carbonyl (C=O) groups is 4. The van der Waals surface area contributed by atoms with Crippen LogP contribution in [0.1, 0.15) is 23.0 Å². The molecule has 282 valence electrons. The van der Waals surface area contributed by atoms with Gasteiger partial charge in [-0.15, -0.1) is 0 Å². The molecule has 1 amide bonds. The standard InChI is InChI=1S/C34H34FN5O6.C4H4O4/c1-21(45-31(41)20-38(3)4)19-39-22(2)32(34(43)40(39)24-9-7-6-8-10-24)33(42)37-23-11-14-30(27(35)17-23)46-29-15-16-36-28-18-25(44-5)12-13-26(28)29;5-3(6)1-2-4(7)8/h6-18,21H,19-20H2,1-5H3,(H,37,42);1-2H,(H,5,6)(H,7,8)/b;2-1-/t21-;/m0./s1. The van der Waals surface area contributed by atoms with E-state index in [9.17, 15) is 24.0 Å². The molecule has 54 heavy (non-hydrogen) atoms. The molecular weight excluding hydrogens is 705 g/mol. The molecule has 0 aliphatic carbocycles. The van der Waals surface area contributed by atoms with Crippen LogP contribution in [0.3, 0.4) is 0 Å². The van der Waals surface area contributed by atoms with Crippen LogP contribution in [0.5, 0.6) is 17.2 Å². The van der Waals surface area contributed by atoms with Crippen LogP contribution in [-0.4, -0.2) is 87.1 Å². The average Bonchev–Trinajstić information content (AvgIpc) is 3.36. The Morgan fingerprint density at radius 3 is 2.26 bits per heavy atom. The van der Waals surface area contributed by atoms with Gasteiger partial charge in [0, 0.05) is 41.6 Å². The van der Waals surface area contributed by atoms with Crippen molar-refractivity contribution in [1.29, 1.82) is 0 Å². The van der Waals surface area contributed by atoms with E-state index < -0.39 is 41.3 Å². The lowest BCUT2D eigenvalue weighted by Crippen LogP contribution is -2.31. The molecule has 0 aliphatic heterocycles. The minimum Gasteiger partial charge on any atom is -0.497 e. The molecule has 3 N–H and O–H groups in total. The third-order valence-electron chi connectivity index (χ3n) is 7.52. The minimum absolute atomic E-state index is 0.0621. The summed E-state index contributed by atoms with van der Waals surface area (Å²) in [4.78, 5) is 64.6. The van der Waals surface area contributed by atoms with Gasteiger partial charge in [-0.1, -0.05) is 18.2 Å². The van der Waals surface area contributed by atoms with Gasteiger partial charge in [-0.25, -0.2) is 18.7 Å². The number of nitrogens with zero attached hydrogens (tertiary/aromatic N) is 4. The maximum Gasteiger partial charge on any atom is 0.328 e. The molecule has 15 nitrogen and oxygen atoms in total. The second kappa shape index (κ2) is 18.1. The summed E-state index contributed by atoms with van der Waals surface area (Å²) in [5.41, 5.74) is 0.915. The predicted octanol–water partition coefficient (Wildman–Crippen LogP) is 4.89. The number of para-hydroxylation sites is 1. The number of methoxy groups -OCH3 is 1. The number of nitrogens with one attached hydrogen (secondary N) is 1. The monoisotopic (exact) mass is 743 g/mol. The number of carboxylic acids is 2. The van der Waals surface area contributed by atoms with Crippen molar-refractivity contribution in [3.63, 3.8) is 0 Å². The van der Waals surface area contributed by atoms with Gasteiger partial charge in [0.15, 0.2) is 11.6 Å². The van der Waals surface area contributed by atoms with Gasteiger partial charge >= 0.3 is 17.9 Å². The van der Waals surface area contributed by atoms with E-state index in [0.717, 1.165) is 6.07 Å². The number of rotatable bonds is 13. The van der Waals surface area contributed by atoms with Crippen LogP contribution in [0.4, 0.5) is 10.1 Å². The van der Waals surface area contributed by atoms with E-state index in [0.29, 0.717) is 45.9 Å². The summed E-state index contributed by atoms with van der Waals surface area (Å²) in [7, 11) is 5.07. The number of hydrogen-bond acceptors (Lipinski definition) is 10. The fourth-order valence-electron chi connectivity index (χ4n) is 5.19. The van der Waals surface area contributed by atoms with E-state index >= 15 is 4.39 Å². The number of halogens is 1. The van der Waals surface area contributed by atoms with Gasteiger partial charge in [-0.05, 0) is 70.4 Å². The van der Waals surface area contributed by atoms with Crippen molar-refractivity contribution in [3.05, 3.63) is 119 Å². The number of carbonyl (C=O) groups excluding carboxylic acids is 2. The molecule has 5 rings (SSSR count). The number of fused-ring (bicyclic) bond motifs is 1. The number of amides is 1. The lowest BCUT2D eigenvalue weighted by atomic mass is 10.2. The first kappa shape index (κ1) is 40.0. The van der Waals surface area contributed by atoms with Crippen LogP contribution >= 0.6 is 0 Å². The van der Waals surface area contributed by atoms with E-state index in [1.54, 1.807) is 99.4 Å². The molecule has 0 saturated heterocycles. The van der Waals surface area contributed by atoms with Crippen molar-refractivity contribution in [3.8, 4) is 22.9 Å². The van der Waals surface area contributed by atoms with Gasteiger partial charge in [0.05, 0.1) is 37.1 Å². The van der Waals surface area contributed by atoms with Crippen molar-refractivity contribution in [2.75, 3.05) is 33.1 Å². The van der Waals surface area contributed by atoms with Crippen molar-refractivity contribution in [2.45, 2.75) is 26.5 Å². The molecule has 2 aromatic heterocycles. The molecule has 2 heterocycles. The van der Waals surface area contributed by atoms with E-state index in [1.807, 2.05) is 6.07 Å². The summed E-state index contributed by atoms with van der Waals surface area (Å²) in [5.74, 6) is -3.41. The SMILES string of the molecule is COc1ccc2c(Oc3ccc(NC(=O)c4c(C)n(C[C@H](C)OC(=O)CN(C)C)n(-c5ccccc5)c4=O)cc3F)ccnc2c1.O=C(O)/C=C\C(=O)O. The normalized spacial score (nSPS) is 11.5. The summed E-state index contributed by atoms with van der Waals surface area (Å²) in [6, 6.07) is 19.7. The zero-order chi connectivity index (χ0) is 39.5. The summed E-state index contributed by atoms with van der Waals surface area (Å²) >= 11 is 0.